The van der Waals surface area contributed by atoms with Gasteiger partial charge in [0.2, 0.25) is 21.8 Å². The Bertz CT molecular complexity index is 1430. The summed E-state index contributed by atoms with van der Waals surface area (Å²) in [6.07, 6.45) is 5.96. The summed E-state index contributed by atoms with van der Waals surface area (Å²) in [5, 5.41) is 3.22. The Hall–Kier alpha value is -3.85. The van der Waals surface area contributed by atoms with E-state index in [1.807, 2.05) is 67.6 Å². The fraction of sp³-hybridized carbons (Fsp3) is 0.412. The maximum Gasteiger partial charge on any atom is 0.243 e. The summed E-state index contributed by atoms with van der Waals surface area (Å²) in [4.78, 5) is 29.5. The molecule has 43 heavy (non-hydrogen) atoms. The average Bonchev–Trinajstić information content (AvgIpc) is 3.51. The minimum atomic E-state index is -3.65. The van der Waals surface area contributed by atoms with Crippen molar-refractivity contribution >= 4 is 27.5 Å². The number of nitrogens with one attached hydrogen (secondary N) is 1. The van der Waals surface area contributed by atoms with Gasteiger partial charge in [-0.15, -0.1) is 0 Å². The Labute approximate surface area is 256 Å². The highest BCUT2D eigenvalue weighted by Gasteiger charge is 2.32. The number of hydrogen-bond donors (Lipinski definition) is 1. The predicted octanol–water partition coefficient (Wildman–Crippen LogP) is 5.33. The van der Waals surface area contributed by atoms with Crippen molar-refractivity contribution in [2.45, 2.75) is 70.5 Å². The SMILES string of the molecule is CCOc1ccccc1N(CCCC(=O)N(Cc1ccccc1)C(Cc1ccccc1)C(=O)NC1CCCC1)S(C)(=O)=O. The van der Waals surface area contributed by atoms with Crippen LogP contribution < -0.4 is 14.4 Å². The Morgan fingerprint density at radius 2 is 1.51 bits per heavy atom. The lowest BCUT2D eigenvalue weighted by atomic mass is 10.0. The van der Waals surface area contributed by atoms with E-state index in [1.165, 1.54) is 4.31 Å². The van der Waals surface area contributed by atoms with E-state index < -0.39 is 16.1 Å². The van der Waals surface area contributed by atoms with Crippen molar-refractivity contribution in [3.05, 3.63) is 96.1 Å². The van der Waals surface area contributed by atoms with Crippen LogP contribution in [0.2, 0.25) is 0 Å². The Kier molecular flexibility index (Phi) is 11.6. The van der Waals surface area contributed by atoms with Gasteiger partial charge in [-0.1, -0.05) is 85.6 Å². The van der Waals surface area contributed by atoms with Crippen LogP contribution >= 0.6 is 0 Å². The molecule has 4 rings (SSSR count). The number of benzene rings is 3. The highest BCUT2D eigenvalue weighted by Crippen LogP contribution is 2.30. The van der Waals surface area contributed by atoms with Crippen molar-refractivity contribution in [3.8, 4) is 5.75 Å². The first-order valence-electron chi connectivity index (χ1n) is 15.1. The van der Waals surface area contributed by atoms with E-state index in [0.29, 0.717) is 24.5 Å². The lowest BCUT2D eigenvalue weighted by molar-refractivity contribution is -0.141. The van der Waals surface area contributed by atoms with Crippen molar-refractivity contribution in [2.24, 2.45) is 0 Å². The topological polar surface area (TPSA) is 96.0 Å². The molecule has 0 saturated heterocycles. The van der Waals surface area contributed by atoms with E-state index in [0.717, 1.165) is 43.1 Å². The molecule has 1 saturated carbocycles. The molecule has 8 nitrogen and oxygen atoms in total. The normalized spacial score (nSPS) is 14.2. The van der Waals surface area contributed by atoms with Gasteiger partial charge in [-0.25, -0.2) is 8.42 Å². The Morgan fingerprint density at radius 1 is 0.907 bits per heavy atom. The number of ether oxygens (including phenoxy) is 1. The fourth-order valence-corrected chi connectivity index (χ4v) is 6.59. The van der Waals surface area contributed by atoms with Crippen LogP contribution in [0.1, 0.15) is 56.6 Å². The van der Waals surface area contributed by atoms with Crippen molar-refractivity contribution < 1.29 is 22.7 Å². The molecule has 0 spiro atoms. The zero-order valence-electron chi connectivity index (χ0n) is 25.2. The van der Waals surface area contributed by atoms with E-state index in [-0.39, 0.29) is 43.8 Å². The molecule has 0 bridgehead atoms. The lowest BCUT2D eigenvalue weighted by Gasteiger charge is -2.33. The second kappa shape index (κ2) is 15.6. The number of hydrogen-bond acceptors (Lipinski definition) is 5. The number of carbonyl (C=O) groups is 2. The van der Waals surface area contributed by atoms with Crippen LogP contribution in [0.3, 0.4) is 0 Å². The molecule has 9 heteroatoms. The van der Waals surface area contributed by atoms with Crippen molar-refractivity contribution in [1.29, 1.82) is 0 Å². The Balaban J connectivity index is 1.57. The van der Waals surface area contributed by atoms with E-state index in [2.05, 4.69) is 5.32 Å². The summed E-state index contributed by atoms with van der Waals surface area (Å²) in [5.41, 5.74) is 2.33. The molecule has 0 heterocycles. The molecule has 1 fully saturated rings. The standard InChI is InChI=1S/C34H43N3O5S/c1-3-42-32-22-13-12-21-30(32)37(43(2,40)41)24-14-23-33(38)36(26-28-17-8-5-9-18-28)31(25-27-15-6-4-7-16-27)34(39)35-29-19-10-11-20-29/h4-9,12-13,15-18,21-22,29,31H,3,10-11,14,19-20,23-26H2,1-2H3,(H,35,39). The van der Waals surface area contributed by atoms with Gasteiger partial charge in [0, 0.05) is 32.0 Å². The van der Waals surface area contributed by atoms with Gasteiger partial charge in [0.25, 0.3) is 0 Å². The minimum Gasteiger partial charge on any atom is -0.492 e. The van der Waals surface area contributed by atoms with Gasteiger partial charge in [-0.05, 0) is 49.4 Å². The molecule has 3 aromatic rings. The summed E-state index contributed by atoms with van der Waals surface area (Å²) >= 11 is 0. The molecular formula is C34H43N3O5S. The van der Waals surface area contributed by atoms with E-state index in [4.69, 9.17) is 4.74 Å². The molecule has 1 aliphatic rings. The van der Waals surface area contributed by atoms with Crippen LogP contribution in [0, 0.1) is 0 Å². The number of nitrogens with zero attached hydrogens (tertiary/aromatic N) is 2. The molecule has 1 aliphatic carbocycles. The molecular weight excluding hydrogens is 562 g/mol. The van der Waals surface area contributed by atoms with E-state index >= 15 is 0 Å². The third-order valence-corrected chi connectivity index (χ3v) is 8.93. The summed E-state index contributed by atoms with van der Waals surface area (Å²) in [5.74, 6) is 0.125. The molecule has 1 N–H and O–H groups in total. The van der Waals surface area contributed by atoms with Gasteiger partial charge in [-0.3, -0.25) is 13.9 Å². The smallest absolute Gasteiger partial charge is 0.243 e. The second-order valence-corrected chi connectivity index (χ2v) is 12.9. The first kappa shape index (κ1) is 32.1. The molecule has 0 radical (unpaired) electrons. The number of rotatable bonds is 15. The lowest BCUT2D eigenvalue weighted by Crippen LogP contribution is -2.52. The van der Waals surface area contributed by atoms with Gasteiger partial charge in [-0.2, -0.15) is 0 Å². The summed E-state index contributed by atoms with van der Waals surface area (Å²) < 4.78 is 32.6. The van der Waals surface area contributed by atoms with Crippen molar-refractivity contribution in [1.82, 2.24) is 10.2 Å². The van der Waals surface area contributed by atoms with E-state index in [1.54, 1.807) is 29.2 Å². The number of carbonyl (C=O) groups excluding carboxylic acids is 2. The minimum absolute atomic E-state index is 0.0810. The fourth-order valence-electron chi connectivity index (χ4n) is 5.62. The van der Waals surface area contributed by atoms with Crippen LogP contribution in [-0.4, -0.2) is 56.6 Å². The molecule has 1 unspecified atom stereocenters. The van der Waals surface area contributed by atoms with Crippen LogP contribution in [0.5, 0.6) is 5.75 Å². The van der Waals surface area contributed by atoms with Crippen LogP contribution in [0.4, 0.5) is 5.69 Å². The molecule has 230 valence electrons. The van der Waals surface area contributed by atoms with Crippen molar-refractivity contribution in [3.63, 3.8) is 0 Å². The van der Waals surface area contributed by atoms with Gasteiger partial charge in [0.1, 0.15) is 11.8 Å². The third kappa shape index (κ3) is 9.32. The quantitative estimate of drug-likeness (QED) is 0.253. The van der Waals surface area contributed by atoms with Crippen molar-refractivity contribution in [2.75, 3.05) is 23.7 Å². The molecule has 0 aliphatic heterocycles. The number of anilines is 1. The average molecular weight is 606 g/mol. The van der Waals surface area contributed by atoms with Gasteiger partial charge in [0.15, 0.2) is 0 Å². The summed E-state index contributed by atoms with van der Waals surface area (Å²) in [6.45, 7) is 2.62. The predicted molar refractivity (Wildman–Crippen MR) is 170 cm³/mol. The number of sulfonamides is 1. The van der Waals surface area contributed by atoms with Crippen LogP contribution in [0.15, 0.2) is 84.9 Å². The largest absolute Gasteiger partial charge is 0.492 e. The molecule has 0 aromatic heterocycles. The second-order valence-electron chi connectivity index (χ2n) is 11.0. The van der Waals surface area contributed by atoms with Crippen LogP contribution in [0.25, 0.3) is 0 Å². The first-order chi connectivity index (χ1) is 20.8. The van der Waals surface area contributed by atoms with Gasteiger partial charge < -0.3 is 15.0 Å². The monoisotopic (exact) mass is 605 g/mol. The number of para-hydroxylation sites is 2. The maximum absolute atomic E-state index is 14.0. The first-order valence-corrected chi connectivity index (χ1v) is 17.0. The van der Waals surface area contributed by atoms with E-state index in [9.17, 15) is 18.0 Å². The van der Waals surface area contributed by atoms with Gasteiger partial charge in [0.05, 0.1) is 18.6 Å². The molecule has 2 amide bonds. The van der Waals surface area contributed by atoms with Crippen LogP contribution in [-0.2, 0) is 32.6 Å². The Morgan fingerprint density at radius 3 is 2.14 bits per heavy atom. The highest BCUT2D eigenvalue weighted by molar-refractivity contribution is 7.92. The van der Waals surface area contributed by atoms with Gasteiger partial charge >= 0.3 is 0 Å². The highest BCUT2D eigenvalue weighted by atomic mass is 32.2. The zero-order chi connectivity index (χ0) is 30.7. The summed E-state index contributed by atoms with van der Waals surface area (Å²) in [6, 6.07) is 25.8. The molecule has 3 aromatic carbocycles. The zero-order valence-corrected chi connectivity index (χ0v) is 26.0. The molecule has 1 atom stereocenters. The number of amides is 2. The summed E-state index contributed by atoms with van der Waals surface area (Å²) in [7, 11) is -3.65. The third-order valence-electron chi connectivity index (χ3n) is 7.75. The maximum atomic E-state index is 14.0.